The summed E-state index contributed by atoms with van der Waals surface area (Å²) in [6.07, 6.45) is 4.75. The first-order chi connectivity index (χ1) is 10.2. The van der Waals surface area contributed by atoms with Gasteiger partial charge in [0.15, 0.2) is 5.78 Å². The predicted molar refractivity (Wildman–Crippen MR) is 83.6 cm³/mol. The van der Waals surface area contributed by atoms with E-state index in [0.717, 1.165) is 17.1 Å². The fraction of sp³-hybridized carbons (Fsp3) is 0.176. The van der Waals surface area contributed by atoms with Gasteiger partial charge in [0.05, 0.1) is 12.3 Å². The SMILES string of the molecule is CCOc1ccccc1N/C(C)=C\C(=O)c1cccnc1. The second-order valence-corrected chi connectivity index (χ2v) is 4.49. The Morgan fingerprint density at radius 1 is 1.29 bits per heavy atom. The lowest BCUT2D eigenvalue weighted by atomic mass is 10.1. The molecule has 0 atom stereocenters. The monoisotopic (exact) mass is 282 g/mol. The number of pyridine rings is 1. The van der Waals surface area contributed by atoms with Crippen LogP contribution in [0.1, 0.15) is 24.2 Å². The van der Waals surface area contributed by atoms with E-state index in [1.54, 1.807) is 30.6 Å². The number of aromatic nitrogens is 1. The molecule has 0 radical (unpaired) electrons. The van der Waals surface area contributed by atoms with Crippen molar-refractivity contribution < 1.29 is 9.53 Å². The maximum absolute atomic E-state index is 12.1. The van der Waals surface area contributed by atoms with Crippen LogP contribution >= 0.6 is 0 Å². The molecule has 0 fully saturated rings. The zero-order chi connectivity index (χ0) is 15.1. The molecule has 2 rings (SSSR count). The molecule has 0 aliphatic carbocycles. The van der Waals surface area contributed by atoms with Gasteiger partial charge < -0.3 is 10.1 Å². The number of carbonyl (C=O) groups excluding carboxylic acids is 1. The Morgan fingerprint density at radius 2 is 2.10 bits per heavy atom. The maximum Gasteiger partial charge on any atom is 0.189 e. The molecular weight excluding hydrogens is 264 g/mol. The van der Waals surface area contributed by atoms with Gasteiger partial charge in [0, 0.05) is 29.7 Å². The Bertz CT molecular complexity index is 636. The van der Waals surface area contributed by atoms with E-state index in [9.17, 15) is 4.79 Å². The highest BCUT2D eigenvalue weighted by Gasteiger charge is 2.05. The van der Waals surface area contributed by atoms with E-state index in [2.05, 4.69) is 10.3 Å². The molecule has 1 heterocycles. The van der Waals surface area contributed by atoms with Gasteiger partial charge in [0.1, 0.15) is 5.75 Å². The molecule has 0 bridgehead atoms. The fourth-order valence-electron chi connectivity index (χ4n) is 1.89. The number of anilines is 1. The Morgan fingerprint density at radius 3 is 2.81 bits per heavy atom. The van der Waals surface area contributed by atoms with E-state index in [1.807, 2.05) is 38.1 Å². The molecule has 1 aromatic carbocycles. The predicted octanol–water partition coefficient (Wildman–Crippen LogP) is 3.68. The van der Waals surface area contributed by atoms with Crippen molar-refractivity contribution in [3.05, 3.63) is 66.1 Å². The normalized spacial score (nSPS) is 11.0. The Labute approximate surface area is 124 Å². The number of ketones is 1. The minimum absolute atomic E-state index is 0.0815. The molecule has 108 valence electrons. The number of hydrogen-bond donors (Lipinski definition) is 1. The summed E-state index contributed by atoms with van der Waals surface area (Å²) < 4.78 is 5.54. The third kappa shape index (κ3) is 4.18. The van der Waals surface area contributed by atoms with Crippen molar-refractivity contribution in [3.8, 4) is 5.75 Å². The van der Waals surface area contributed by atoms with Crippen LogP contribution in [0.2, 0.25) is 0 Å². The molecule has 0 aliphatic heterocycles. The van der Waals surface area contributed by atoms with E-state index in [-0.39, 0.29) is 5.78 Å². The second-order valence-electron chi connectivity index (χ2n) is 4.49. The summed E-state index contributed by atoms with van der Waals surface area (Å²) in [4.78, 5) is 16.0. The summed E-state index contributed by atoms with van der Waals surface area (Å²) in [5.41, 5.74) is 2.15. The second kappa shape index (κ2) is 7.24. The fourth-order valence-corrected chi connectivity index (χ4v) is 1.89. The highest BCUT2D eigenvalue weighted by Crippen LogP contribution is 2.25. The minimum Gasteiger partial charge on any atom is -0.492 e. The number of carbonyl (C=O) groups is 1. The molecule has 0 spiro atoms. The third-order valence-electron chi connectivity index (χ3n) is 2.81. The lowest BCUT2D eigenvalue weighted by Gasteiger charge is -2.12. The van der Waals surface area contributed by atoms with E-state index < -0.39 is 0 Å². The molecule has 1 aromatic heterocycles. The van der Waals surface area contributed by atoms with Crippen LogP contribution in [0.25, 0.3) is 0 Å². The molecule has 1 N–H and O–H groups in total. The molecule has 0 aliphatic rings. The zero-order valence-corrected chi connectivity index (χ0v) is 12.2. The van der Waals surface area contributed by atoms with Crippen molar-refractivity contribution in [2.45, 2.75) is 13.8 Å². The van der Waals surface area contributed by atoms with Crippen molar-refractivity contribution >= 4 is 11.5 Å². The average Bonchev–Trinajstić information content (AvgIpc) is 2.50. The maximum atomic E-state index is 12.1. The van der Waals surface area contributed by atoms with Crippen LogP contribution in [0.15, 0.2) is 60.6 Å². The van der Waals surface area contributed by atoms with Gasteiger partial charge in [-0.1, -0.05) is 12.1 Å². The summed E-state index contributed by atoms with van der Waals surface area (Å²) >= 11 is 0. The minimum atomic E-state index is -0.0815. The topological polar surface area (TPSA) is 51.2 Å². The third-order valence-corrected chi connectivity index (χ3v) is 2.81. The van der Waals surface area contributed by atoms with Crippen LogP contribution in [0.5, 0.6) is 5.75 Å². The van der Waals surface area contributed by atoms with Crippen molar-refractivity contribution in [3.63, 3.8) is 0 Å². The molecule has 4 heteroatoms. The molecule has 0 unspecified atom stereocenters. The largest absolute Gasteiger partial charge is 0.492 e. The number of para-hydroxylation sites is 2. The lowest BCUT2D eigenvalue weighted by molar-refractivity contribution is 0.104. The van der Waals surface area contributed by atoms with Gasteiger partial charge in [-0.2, -0.15) is 0 Å². The van der Waals surface area contributed by atoms with Gasteiger partial charge in [0.25, 0.3) is 0 Å². The summed E-state index contributed by atoms with van der Waals surface area (Å²) in [5.74, 6) is 0.684. The van der Waals surface area contributed by atoms with Gasteiger partial charge >= 0.3 is 0 Å². The van der Waals surface area contributed by atoms with Crippen molar-refractivity contribution in [1.29, 1.82) is 0 Å². The van der Waals surface area contributed by atoms with Crippen molar-refractivity contribution in [1.82, 2.24) is 4.98 Å². The summed E-state index contributed by atoms with van der Waals surface area (Å²) in [6.45, 7) is 4.37. The number of rotatable bonds is 6. The number of benzene rings is 1. The molecule has 2 aromatic rings. The first-order valence-electron chi connectivity index (χ1n) is 6.82. The quantitative estimate of drug-likeness (QED) is 0.648. The van der Waals surface area contributed by atoms with Gasteiger partial charge in [-0.25, -0.2) is 0 Å². The first-order valence-corrected chi connectivity index (χ1v) is 6.82. The van der Waals surface area contributed by atoms with E-state index in [0.29, 0.717) is 12.2 Å². The van der Waals surface area contributed by atoms with Crippen LogP contribution in [0.4, 0.5) is 5.69 Å². The van der Waals surface area contributed by atoms with Crippen LogP contribution < -0.4 is 10.1 Å². The molecule has 21 heavy (non-hydrogen) atoms. The summed E-state index contributed by atoms with van der Waals surface area (Å²) in [7, 11) is 0. The Hall–Kier alpha value is -2.62. The highest BCUT2D eigenvalue weighted by atomic mass is 16.5. The standard InChI is InChI=1S/C17H18N2O2/c1-3-21-17-9-5-4-8-15(17)19-13(2)11-16(20)14-7-6-10-18-12-14/h4-12,19H,3H2,1-2H3/b13-11-. The van der Waals surface area contributed by atoms with Crippen LogP contribution in [-0.2, 0) is 0 Å². The smallest absolute Gasteiger partial charge is 0.189 e. The first kappa shape index (κ1) is 14.8. The van der Waals surface area contributed by atoms with Crippen molar-refractivity contribution in [2.75, 3.05) is 11.9 Å². The highest BCUT2D eigenvalue weighted by molar-refractivity contribution is 6.04. The van der Waals surface area contributed by atoms with Gasteiger partial charge in [-0.05, 0) is 38.1 Å². The molecule has 4 nitrogen and oxygen atoms in total. The van der Waals surface area contributed by atoms with Crippen LogP contribution in [0, 0.1) is 0 Å². The number of ether oxygens (including phenoxy) is 1. The number of allylic oxidation sites excluding steroid dienone is 2. The Balaban J connectivity index is 2.12. The van der Waals surface area contributed by atoms with Crippen molar-refractivity contribution in [2.24, 2.45) is 0 Å². The number of hydrogen-bond acceptors (Lipinski definition) is 4. The molecular formula is C17H18N2O2. The lowest BCUT2D eigenvalue weighted by Crippen LogP contribution is -2.03. The Kier molecular flexibility index (Phi) is 5.10. The number of nitrogens with one attached hydrogen (secondary N) is 1. The molecule has 0 amide bonds. The average molecular weight is 282 g/mol. The zero-order valence-electron chi connectivity index (χ0n) is 12.2. The van der Waals surface area contributed by atoms with E-state index >= 15 is 0 Å². The van der Waals surface area contributed by atoms with Gasteiger partial charge in [0.2, 0.25) is 0 Å². The number of nitrogens with zero attached hydrogens (tertiary/aromatic N) is 1. The van der Waals surface area contributed by atoms with Crippen LogP contribution in [0.3, 0.4) is 0 Å². The van der Waals surface area contributed by atoms with E-state index in [4.69, 9.17) is 4.74 Å². The summed E-state index contributed by atoms with van der Waals surface area (Å²) in [5, 5.41) is 3.19. The van der Waals surface area contributed by atoms with E-state index in [1.165, 1.54) is 0 Å². The molecule has 0 saturated heterocycles. The summed E-state index contributed by atoms with van der Waals surface area (Å²) in [6, 6.07) is 11.1. The van der Waals surface area contributed by atoms with Crippen LogP contribution in [-0.4, -0.2) is 17.4 Å². The van der Waals surface area contributed by atoms with Gasteiger partial charge in [-0.15, -0.1) is 0 Å². The molecule has 0 saturated carbocycles. The van der Waals surface area contributed by atoms with Gasteiger partial charge in [-0.3, -0.25) is 9.78 Å².